The van der Waals surface area contributed by atoms with E-state index in [1.165, 1.54) is 58.3 Å². The molecule has 0 heterocycles. The minimum atomic E-state index is -4.82. The minimum Gasteiger partial charge on any atom is -0.807 e. The van der Waals surface area contributed by atoms with Crippen LogP contribution in [0.15, 0.2) is 48.5 Å². The molecule has 0 aromatic heterocycles. The van der Waals surface area contributed by atoms with Crippen molar-refractivity contribution < 1.29 is 157 Å². The molecule has 0 bridgehead atoms. The van der Waals surface area contributed by atoms with Gasteiger partial charge in [-0.25, -0.2) is 0 Å². The number of hydrogen-bond donors (Lipinski definition) is 0. The van der Waals surface area contributed by atoms with Gasteiger partial charge in [0.15, 0.2) is 0 Å². The van der Waals surface area contributed by atoms with Gasteiger partial charge in [-0.15, -0.1) is 0 Å². The zero-order valence-corrected chi connectivity index (χ0v) is 31.6. The van der Waals surface area contributed by atoms with Crippen LogP contribution < -0.4 is 158 Å². The molecule has 2 aromatic rings. The Morgan fingerprint density at radius 2 is 0.811 bits per heavy atom. The van der Waals surface area contributed by atoms with E-state index in [2.05, 4.69) is 0 Å². The summed E-state index contributed by atoms with van der Waals surface area (Å²) in [7, 11) is -9.64. The molecule has 0 unspecified atom stereocenters. The first-order valence-electron chi connectivity index (χ1n) is 10.3. The van der Waals surface area contributed by atoms with Gasteiger partial charge in [0.25, 0.3) is 0 Å². The van der Waals surface area contributed by atoms with Gasteiger partial charge in [-0.3, -0.25) is 9.59 Å². The summed E-state index contributed by atoms with van der Waals surface area (Å²) in [5.74, 6) is 0. The van der Waals surface area contributed by atoms with Crippen molar-refractivity contribution in [2.75, 3.05) is 22.9 Å². The fourth-order valence-corrected chi connectivity index (χ4v) is 4.26. The average Bonchev–Trinajstić information content (AvgIpc) is 2.77. The first kappa shape index (κ1) is 43.1. The van der Waals surface area contributed by atoms with Gasteiger partial charge in [-0.1, -0.05) is 43.5 Å². The molecule has 0 saturated heterocycles. The summed E-state index contributed by atoms with van der Waals surface area (Å²) in [5, 5.41) is -0.651. The largest absolute Gasteiger partial charge is 1.00 e. The van der Waals surface area contributed by atoms with Gasteiger partial charge < -0.3 is 38.5 Å². The van der Waals surface area contributed by atoms with Crippen LogP contribution in [0.1, 0.15) is 32.1 Å². The SMILES string of the molecule is O=CN(CCCCCCCN(C=O)c1ccc(P(=O)([O-])[O-])cc1)c1ccc(P(=O)([O-])[O-])cc1.[Na+].[Na+].[Na+].[Na+]. The quantitative estimate of drug-likeness (QED) is 0.0911. The molecule has 0 aliphatic heterocycles. The molecule has 0 aliphatic rings. The number of amides is 2. The normalized spacial score (nSPS) is 10.5. The summed E-state index contributed by atoms with van der Waals surface area (Å²) < 4.78 is 22.0. The van der Waals surface area contributed by atoms with Crippen LogP contribution >= 0.6 is 15.2 Å². The number of carbonyl (C=O) groups excluding carboxylic acids is 2. The monoisotopic (exact) mass is 586 g/mol. The number of rotatable bonds is 14. The predicted molar refractivity (Wildman–Crippen MR) is 117 cm³/mol. The van der Waals surface area contributed by atoms with Gasteiger partial charge in [-0.05, 0) is 62.9 Å². The Kier molecular flexibility index (Phi) is 24.9. The van der Waals surface area contributed by atoms with Crippen LogP contribution in [0.3, 0.4) is 0 Å². The van der Waals surface area contributed by atoms with Crippen LogP contribution in [0.25, 0.3) is 0 Å². The average molecular weight is 586 g/mol. The fraction of sp³-hybridized carbons (Fsp3) is 0.333. The maximum Gasteiger partial charge on any atom is 1.00 e. The Morgan fingerprint density at radius 1 is 0.541 bits per heavy atom. The molecule has 0 fully saturated rings. The van der Waals surface area contributed by atoms with Gasteiger partial charge in [0.1, 0.15) is 0 Å². The molecule has 0 radical (unpaired) electrons. The molecular formula is C21H24N2Na4O8P2. The summed E-state index contributed by atoms with van der Waals surface area (Å²) in [6, 6.07) is 10.4. The zero-order valence-electron chi connectivity index (χ0n) is 21.8. The number of carbonyl (C=O) groups is 2. The Morgan fingerprint density at radius 3 is 1.05 bits per heavy atom. The van der Waals surface area contributed by atoms with E-state index >= 15 is 0 Å². The van der Waals surface area contributed by atoms with Gasteiger partial charge >= 0.3 is 118 Å². The number of anilines is 2. The van der Waals surface area contributed by atoms with E-state index in [4.69, 9.17) is 0 Å². The van der Waals surface area contributed by atoms with Gasteiger partial charge in [0, 0.05) is 24.5 Å². The van der Waals surface area contributed by atoms with Gasteiger partial charge in [0.2, 0.25) is 12.8 Å². The van der Waals surface area contributed by atoms with E-state index in [1.54, 1.807) is 0 Å². The van der Waals surface area contributed by atoms with E-state index in [-0.39, 0.29) is 129 Å². The molecule has 10 nitrogen and oxygen atoms in total. The van der Waals surface area contributed by atoms with Crippen molar-refractivity contribution >= 4 is 50.0 Å². The smallest absolute Gasteiger partial charge is 0.807 e. The van der Waals surface area contributed by atoms with Gasteiger partial charge in [-0.2, -0.15) is 0 Å². The third-order valence-electron chi connectivity index (χ3n) is 5.05. The maximum atomic E-state index is 11.3. The van der Waals surface area contributed by atoms with Gasteiger partial charge in [0.05, 0.1) is 0 Å². The van der Waals surface area contributed by atoms with Crippen molar-refractivity contribution in [3.63, 3.8) is 0 Å². The van der Waals surface area contributed by atoms with Crippen LogP contribution in [0, 0.1) is 0 Å². The van der Waals surface area contributed by atoms with E-state index in [0.717, 1.165) is 19.3 Å². The predicted octanol–water partition coefficient (Wildman–Crippen LogP) is -12.6. The molecule has 0 spiro atoms. The molecule has 2 rings (SSSR count). The number of hydrogen-bond acceptors (Lipinski definition) is 8. The van der Waals surface area contributed by atoms with Crippen LogP contribution in [-0.4, -0.2) is 25.9 Å². The van der Waals surface area contributed by atoms with Crippen molar-refractivity contribution in [3.8, 4) is 0 Å². The van der Waals surface area contributed by atoms with Crippen molar-refractivity contribution in [1.29, 1.82) is 0 Å². The Balaban J connectivity index is -0.00000289. The second kappa shape index (κ2) is 21.4. The second-order valence-corrected chi connectivity index (χ2v) is 10.4. The molecule has 2 amide bonds. The van der Waals surface area contributed by atoms with Crippen molar-refractivity contribution in [2.24, 2.45) is 0 Å². The third kappa shape index (κ3) is 15.5. The van der Waals surface area contributed by atoms with Crippen molar-refractivity contribution in [2.45, 2.75) is 32.1 Å². The van der Waals surface area contributed by atoms with E-state index in [9.17, 15) is 38.3 Å². The number of nitrogens with zero attached hydrogens (tertiary/aromatic N) is 2. The zero-order chi connectivity index (χ0) is 24.5. The van der Waals surface area contributed by atoms with Crippen molar-refractivity contribution in [3.05, 3.63) is 48.5 Å². The van der Waals surface area contributed by atoms with Crippen LogP contribution in [-0.2, 0) is 18.7 Å². The maximum absolute atomic E-state index is 11.3. The van der Waals surface area contributed by atoms with Crippen LogP contribution in [0.2, 0.25) is 0 Å². The Labute approximate surface area is 305 Å². The molecule has 2 aromatic carbocycles. The van der Waals surface area contributed by atoms with E-state index in [0.29, 0.717) is 50.1 Å². The summed E-state index contributed by atoms with van der Waals surface area (Å²) in [5.41, 5.74) is 1.00. The molecule has 37 heavy (non-hydrogen) atoms. The number of benzene rings is 2. The summed E-state index contributed by atoms with van der Waals surface area (Å²) >= 11 is 0. The molecule has 0 saturated carbocycles. The second-order valence-electron chi connectivity index (χ2n) is 7.39. The van der Waals surface area contributed by atoms with E-state index < -0.39 is 15.2 Å². The summed E-state index contributed by atoms with van der Waals surface area (Å²) in [6.45, 7) is 0.872. The molecule has 0 N–H and O–H groups in total. The summed E-state index contributed by atoms with van der Waals surface area (Å²) in [4.78, 5) is 69.6. The molecule has 16 heteroatoms. The fourth-order valence-electron chi connectivity index (χ4n) is 3.23. The number of unbranched alkanes of at least 4 members (excludes halogenated alkanes) is 4. The Bertz CT molecular complexity index is 939. The molecule has 180 valence electrons. The molecule has 0 atom stereocenters. The summed E-state index contributed by atoms with van der Waals surface area (Å²) in [6.07, 6.45) is 5.25. The molecule has 0 aliphatic carbocycles. The first-order valence-corrected chi connectivity index (χ1v) is 13.3. The first-order chi connectivity index (χ1) is 15.6. The van der Waals surface area contributed by atoms with Crippen molar-refractivity contribution in [1.82, 2.24) is 0 Å². The molecular weight excluding hydrogens is 562 g/mol. The van der Waals surface area contributed by atoms with Crippen LogP contribution in [0.4, 0.5) is 11.4 Å². The Hall–Kier alpha value is 1.68. The minimum absolute atomic E-state index is 0. The standard InChI is InChI=1S/C21H28N2O8P2.4Na/c24-16-22(18-6-10-20(11-7-18)32(26,27)28)14-4-2-1-3-5-15-23(17-25)19-8-12-21(13-9-19)33(29,30)31;;;;/h6-13,16-17H,1-5,14-15H2,(H2,26,27,28)(H2,29,30,31);;;;/q;4*+1/p-4. The van der Waals surface area contributed by atoms with Crippen LogP contribution in [0.5, 0.6) is 0 Å². The van der Waals surface area contributed by atoms with E-state index in [1.807, 2.05) is 0 Å². The topological polar surface area (TPSA) is 167 Å². The third-order valence-corrected chi connectivity index (χ3v) is 6.91.